The minimum absolute atomic E-state index is 0.0173. The smallest absolute Gasteiger partial charge is 0.414 e. The number of rotatable bonds is 6. The zero-order valence-electron chi connectivity index (χ0n) is 15.1. The Balaban J connectivity index is 1.59. The Kier molecular flexibility index (Phi) is 5.48. The molecule has 0 spiro atoms. The number of cyclic esters (lactones) is 1. The lowest BCUT2D eigenvalue weighted by Gasteiger charge is -2.14. The maximum Gasteiger partial charge on any atom is 0.414 e. The molecule has 6 nitrogen and oxygen atoms in total. The van der Waals surface area contributed by atoms with E-state index in [0.717, 1.165) is 16.8 Å². The summed E-state index contributed by atoms with van der Waals surface area (Å²) < 4.78 is 45.0. The number of hydrogen-bond acceptors (Lipinski definition) is 4. The van der Waals surface area contributed by atoms with Crippen LogP contribution < -0.4 is 9.62 Å². The minimum atomic E-state index is -3.63. The molecule has 27 heavy (non-hydrogen) atoms. The van der Waals surface area contributed by atoms with Crippen LogP contribution in [0.25, 0.3) is 0 Å². The largest absolute Gasteiger partial charge is 0.443 e. The van der Waals surface area contributed by atoms with Crippen LogP contribution in [-0.2, 0) is 20.5 Å². The Bertz CT molecular complexity index is 945. The van der Waals surface area contributed by atoms with Crippen molar-refractivity contribution >= 4 is 21.8 Å². The number of halogens is 1. The van der Waals surface area contributed by atoms with Gasteiger partial charge in [-0.05, 0) is 54.8 Å². The van der Waals surface area contributed by atoms with Gasteiger partial charge in [-0.3, -0.25) is 4.90 Å². The summed E-state index contributed by atoms with van der Waals surface area (Å²) in [4.78, 5) is 13.6. The highest BCUT2D eigenvalue weighted by Crippen LogP contribution is 2.24. The highest BCUT2D eigenvalue weighted by atomic mass is 32.2. The second kappa shape index (κ2) is 7.66. The third-order valence-corrected chi connectivity index (χ3v) is 5.80. The number of ether oxygens (including phenoxy) is 1. The van der Waals surface area contributed by atoms with Gasteiger partial charge in [0.2, 0.25) is 10.0 Å². The molecule has 0 aromatic heterocycles. The molecule has 1 amide bonds. The van der Waals surface area contributed by atoms with Crippen molar-refractivity contribution in [3.8, 4) is 0 Å². The molecule has 1 saturated heterocycles. The molecule has 0 saturated carbocycles. The van der Waals surface area contributed by atoms with Crippen LogP contribution in [-0.4, -0.2) is 33.7 Å². The van der Waals surface area contributed by atoms with E-state index in [1.54, 1.807) is 0 Å². The zero-order chi connectivity index (χ0) is 19.6. The number of nitrogens with zero attached hydrogens (tertiary/aromatic N) is 1. The Hall–Kier alpha value is -2.45. The number of aryl methyl sites for hydroxylation is 2. The third-order valence-electron chi connectivity index (χ3n) is 4.48. The second-order valence-corrected chi connectivity index (χ2v) is 8.43. The van der Waals surface area contributed by atoms with Gasteiger partial charge >= 0.3 is 6.09 Å². The van der Waals surface area contributed by atoms with Gasteiger partial charge in [-0.15, -0.1) is 0 Å². The van der Waals surface area contributed by atoms with E-state index in [9.17, 15) is 17.6 Å². The maximum atomic E-state index is 12.9. The minimum Gasteiger partial charge on any atom is -0.443 e. The summed E-state index contributed by atoms with van der Waals surface area (Å²) in [6, 6.07) is 10.9. The van der Waals surface area contributed by atoms with Gasteiger partial charge in [-0.25, -0.2) is 22.3 Å². The maximum absolute atomic E-state index is 12.9. The molecule has 2 aromatic carbocycles. The number of anilines is 1. The van der Waals surface area contributed by atoms with E-state index in [2.05, 4.69) is 4.72 Å². The van der Waals surface area contributed by atoms with Gasteiger partial charge in [0.15, 0.2) is 0 Å². The summed E-state index contributed by atoms with van der Waals surface area (Å²) >= 11 is 0. The van der Waals surface area contributed by atoms with Gasteiger partial charge in [0.25, 0.3) is 0 Å². The lowest BCUT2D eigenvalue weighted by Crippen LogP contribution is -2.35. The van der Waals surface area contributed by atoms with E-state index >= 15 is 0 Å². The molecule has 0 aliphatic carbocycles. The first kappa shape index (κ1) is 19.3. The number of amides is 1. The molecule has 2 aromatic rings. The van der Waals surface area contributed by atoms with Gasteiger partial charge in [0.05, 0.1) is 12.3 Å². The van der Waals surface area contributed by atoms with Crippen LogP contribution in [0.1, 0.15) is 16.7 Å². The van der Waals surface area contributed by atoms with Crippen molar-refractivity contribution < 1.29 is 22.3 Å². The summed E-state index contributed by atoms with van der Waals surface area (Å²) in [7, 11) is -3.63. The summed E-state index contributed by atoms with van der Waals surface area (Å²) in [6.45, 7) is 4.19. The average molecular weight is 392 g/mol. The molecule has 1 unspecified atom stereocenters. The predicted octanol–water partition coefficient (Wildman–Crippen LogP) is 2.89. The van der Waals surface area contributed by atoms with Crippen molar-refractivity contribution in [2.45, 2.75) is 25.7 Å². The molecule has 1 aliphatic heterocycles. The fourth-order valence-electron chi connectivity index (χ4n) is 2.80. The van der Waals surface area contributed by atoms with E-state index in [1.165, 1.54) is 29.2 Å². The van der Waals surface area contributed by atoms with Crippen LogP contribution in [0.3, 0.4) is 0 Å². The Morgan fingerprint density at radius 1 is 1.15 bits per heavy atom. The highest BCUT2D eigenvalue weighted by molar-refractivity contribution is 7.88. The van der Waals surface area contributed by atoms with Crippen LogP contribution in [0.5, 0.6) is 0 Å². The monoisotopic (exact) mass is 392 g/mol. The molecule has 1 atom stereocenters. The fourth-order valence-corrected chi connectivity index (χ4v) is 3.98. The molecular weight excluding hydrogens is 371 g/mol. The molecule has 1 N–H and O–H groups in total. The average Bonchev–Trinajstić information content (AvgIpc) is 2.98. The number of carbonyl (C=O) groups excluding carboxylic acids is 1. The topological polar surface area (TPSA) is 75.7 Å². The standard InChI is InChI=1S/C19H21FN2O4S/c1-13-3-8-17(9-14(13)2)22-11-18(26-19(22)23)10-21-27(24,25)12-15-4-6-16(20)7-5-15/h3-9,18,21H,10-12H2,1-2H3. The number of sulfonamides is 1. The lowest BCUT2D eigenvalue weighted by atomic mass is 10.1. The molecule has 0 radical (unpaired) electrons. The summed E-state index contributed by atoms with van der Waals surface area (Å²) in [5, 5.41) is 0. The zero-order valence-corrected chi connectivity index (χ0v) is 15.9. The van der Waals surface area contributed by atoms with Gasteiger partial charge in [0, 0.05) is 12.2 Å². The molecule has 0 bridgehead atoms. The first-order valence-electron chi connectivity index (χ1n) is 8.51. The summed E-state index contributed by atoms with van der Waals surface area (Å²) in [6.07, 6.45) is -1.08. The fraction of sp³-hybridized carbons (Fsp3) is 0.316. The molecule has 1 fully saturated rings. The van der Waals surface area contributed by atoms with Gasteiger partial charge in [-0.1, -0.05) is 18.2 Å². The quantitative estimate of drug-likeness (QED) is 0.820. The number of benzene rings is 2. The Morgan fingerprint density at radius 2 is 1.85 bits per heavy atom. The van der Waals surface area contributed by atoms with Crippen molar-refractivity contribution in [3.05, 3.63) is 65.0 Å². The van der Waals surface area contributed by atoms with Crippen LogP contribution in [0.2, 0.25) is 0 Å². The lowest BCUT2D eigenvalue weighted by molar-refractivity contribution is 0.143. The molecule has 1 aliphatic rings. The van der Waals surface area contributed by atoms with Crippen molar-refractivity contribution in [2.24, 2.45) is 0 Å². The predicted molar refractivity (Wildman–Crippen MR) is 101 cm³/mol. The molecule has 144 valence electrons. The first-order valence-corrected chi connectivity index (χ1v) is 10.2. The van der Waals surface area contributed by atoms with E-state index in [4.69, 9.17) is 4.74 Å². The van der Waals surface area contributed by atoms with Crippen molar-refractivity contribution in [3.63, 3.8) is 0 Å². The highest BCUT2D eigenvalue weighted by Gasteiger charge is 2.33. The second-order valence-electron chi connectivity index (χ2n) is 6.62. The van der Waals surface area contributed by atoms with Crippen molar-refractivity contribution in [1.29, 1.82) is 0 Å². The summed E-state index contributed by atoms with van der Waals surface area (Å²) in [5.41, 5.74) is 3.38. The molecular formula is C19H21FN2O4S. The van der Waals surface area contributed by atoms with Crippen LogP contribution in [0.15, 0.2) is 42.5 Å². The van der Waals surface area contributed by atoms with E-state index in [0.29, 0.717) is 5.56 Å². The van der Waals surface area contributed by atoms with E-state index in [1.807, 2.05) is 32.0 Å². The number of nitrogens with one attached hydrogen (secondary N) is 1. The third kappa shape index (κ3) is 4.84. The van der Waals surface area contributed by atoms with Gasteiger partial charge in [0.1, 0.15) is 11.9 Å². The Labute approximate surface area is 158 Å². The Morgan fingerprint density at radius 3 is 2.52 bits per heavy atom. The van der Waals surface area contributed by atoms with E-state index in [-0.39, 0.29) is 18.8 Å². The van der Waals surface area contributed by atoms with Crippen LogP contribution >= 0.6 is 0 Å². The number of carbonyl (C=O) groups is 1. The van der Waals surface area contributed by atoms with E-state index < -0.39 is 28.0 Å². The molecule has 1 heterocycles. The summed E-state index contributed by atoms with van der Waals surface area (Å²) in [5.74, 6) is -0.692. The molecule has 3 rings (SSSR count). The van der Waals surface area contributed by atoms with Crippen molar-refractivity contribution in [2.75, 3.05) is 18.0 Å². The van der Waals surface area contributed by atoms with Crippen LogP contribution in [0, 0.1) is 19.7 Å². The van der Waals surface area contributed by atoms with Crippen molar-refractivity contribution in [1.82, 2.24) is 4.72 Å². The first-order chi connectivity index (χ1) is 12.7. The molecule has 8 heteroatoms. The van der Waals surface area contributed by atoms with Gasteiger partial charge < -0.3 is 4.74 Å². The number of hydrogen-bond donors (Lipinski definition) is 1. The normalized spacial score (nSPS) is 17.2. The van der Waals surface area contributed by atoms with Crippen LogP contribution in [0.4, 0.5) is 14.9 Å². The SMILES string of the molecule is Cc1ccc(N2CC(CNS(=O)(=O)Cc3ccc(F)cc3)OC2=O)cc1C. The van der Waals surface area contributed by atoms with Gasteiger partial charge in [-0.2, -0.15) is 0 Å².